The maximum atomic E-state index is 13.3. The second-order valence-corrected chi connectivity index (χ2v) is 7.23. The Bertz CT molecular complexity index is 716. The van der Waals surface area contributed by atoms with E-state index in [1.54, 1.807) is 6.07 Å². The fourth-order valence-corrected chi connectivity index (χ4v) is 3.86. The van der Waals surface area contributed by atoms with Gasteiger partial charge in [0, 0.05) is 11.4 Å². The molecule has 1 aromatic carbocycles. The van der Waals surface area contributed by atoms with Crippen LogP contribution in [0.5, 0.6) is 5.75 Å². The number of hydrogen-bond acceptors (Lipinski definition) is 5. The van der Waals surface area contributed by atoms with E-state index in [1.807, 2.05) is 11.4 Å². The summed E-state index contributed by atoms with van der Waals surface area (Å²) < 4.78 is 44.9. The Morgan fingerprint density at radius 3 is 2.82 bits per heavy atom. The van der Waals surface area contributed by atoms with Crippen molar-refractivity contribution < 1.29 is 22.7 Å². The van der Waals surface area contributed by atoms with Gasteiger partial charge in [-0.3, -0.25) is 0 Å². The van der Waals surface area contributed by atoms with Crippen LogP contribution in [-0.4, -0.2) is 27.2 Å². The van der Waals surface area contributed by atoms with Crippen LogP contribution < -0.4 is 9.46 Å². The number of nitrogens with one attached hydrogen (secondary N) is 1. The molecule has 8 heteroatoms. The summed E-state index contributed by atoms with van der Waals surface area (Å²) in [4.78, 5) is 0.503. The number of benzene rings is 1. The van der Waals surface area contributed by atoms with Gasteiger partial charge in [-0.15, -0.1) is 11.3 Å². The molecule has 0 bridgehead atoms. The minimum Gasteiger partial charge on any atom is -0.495 e. The summed E-state index contributed by atoms with van der Waals surface area (Å²) in [5.41, 5.74) is 0. The van der Waals surface area contributed by atoms with Crippen LogP contribution in [-0.2, 0) is 10.0 Å². The lowest BCUT2D eigenvalue weighted by Gasteiger charge is -2.12. The highest BCUT2D eigenvalue weighted by Gasteiger charge is 2.20. The fourth-order valence-electron chi connectivity index (χ4n) is 1.89. The number of ether oxygens (including phenoxy) is 1. The number of hydrogen-bond donors (Lipinski definition) is 2. The third-order valence-electron chi connectivity index (χ3n) is 3.00. The molecule has 0 saturated carbocycles. The molecule has 0 aliphatic carbocycles. The molecule has 1 atom stereocenters. The lowest BCUT2D eigenvalue weighted by atomic mass is 10.2. The zero-order valence-corrected chi connectivity index (χ0v) is 13.5. The van der Waals surface area contributed by atoms with E-state index < -0.39 is 21.9 Å². The fraction of sp³-hybridized carbons (Fsp3) is 0.286. The van der Waals surface area contributed by atoms with E-state index in [9.17, 15) is 17.9 Å². The quantitative estimate of drug-likeness (QED) is 0.807. The highest BCUT2D eigenvalue weighted by atomic mass is 32.2. The molecular weight excluding hydrogens is 329 g/mol. The van der Waals surface area contributed by atoms with Crippen molar-refractivity contribution in [3.05, 3.63) is 46.4 Å². The van der Waals surface area contributed by atoms with Gasteiger partial charge in [0.15, 0.2) is 0 Å². The molecule has 2 aromatic rings. The van der Waals surface area contributed by atoms with Gasteiger partial charge in [0.1, 0.15) is 16.5 Å². The van der Waals surface area contributed by atoms with Gasteiger partial charge in [-0.1, -0.05) is 6.07 Å². The molecule has 0 unspecified atom stereocenters. The average Bonchev–Trinajstić information content (AvgIpc) is 3.01. The zero-order chi connectivity index (χ0) is 16.2. The van der Waals surface area contributed by atoms with Crippen LogP contribution in [0.25, 0.3) is 0 Å². The van der Waals surface area contributed by atoms with Gasteiger partial charge >= 0.3 is 0 Å². The van der Waals surface area contributed by atoms with E-state index in [1.165, 1.54) is 24.5 Å². The molecule has 0 fully saturated rings. The summed E-state index contributed by atoms with van der Waals surface area (Å²) in [6, 6.07) is 6.87. The zero-order valence-electron chi connectivity index (χ0n) is 11.8. The first kappa shape index (κ1) is 16.9. The molecule has 22 heavy (non-hydrogen) atoms. The van der Waals surface area contributed by atoms with Crippen LogP contribution in [0.15, 0.2) is 40.6 Å². The van der Waals surface area contributed by atoms with Crippen molar-refractivity contribution in [1.82, 2.24) is 4.72 Å². The number of methoxy groups -OCH3 is 1. The lowest BCUT2D eigenvalue weighted by molar-refractivity contribution is 0.173. The van der Waals surface area contributed by atoms with E-state index in [0.717, 1.165) is 17.0 Å². The molecule has 0 aliphatic heterocycles. The van der Waals surface area contributed by atoms with Crippen molar-refractivity contribution in [3.63, 3.8) is 0 Å². The number of rotatable bonds is 7. The van der Waals surface area contributed by atoms with Gasteiger partial charge in [-0.05, 0) is 36.1 Å². The first-order valence-electron chi connectivity index (χ1n) is 6.48. The van der Waals surface area contributed by atoms with Crippen molar-refractivity contribution >= 4 is 21.4 Å². The van der Waals surface area contributed by atoms with Crippen LogP contribution >= 0.6 is 11.3 Å². The SMILES string of the molecule is COc1ccc(F)cc1S(=O)(=O)NCC[C@H](O)c1cccs1. The van der Waals surface area contributed by atoms with Crippen LogP contribution in [0.2, 0.25) is 0 Å². The van der Waals surface area contributed by atoms with Crippen molar-refractivity contribution in [2.24, 2.45) is 0 Å². The molecule has 0 amide bonds. The normalized spacial score (nSPS) is 13.0. The Kier molecular flexibility index (Phi) is 5.52. The van der Waals surface area contributed by atoms with Crippen LogP contribution in [0.4, 0.5) is 4.39 Å². The average molecular weight is 345 g/mol. The Hall–Kier alpha value is -1.48. The predicted octanol–water partition coefficient (Wildman–Crippen LogP) is 2.30. The van der Waals surface area contributed by atoms with Crippen molar-refractivity contribution in [2.75, 3.05) is 13.7 Å². The Morgan fingerprint density at radius 2 is 2.18 bits per heavy atom. The number of aliphatic hydroxyl groups is 1. The van der Waals surface area contributed by atoms with Gasteiger partial charge in [-0.2, -0.15) is 0 Å². The molecule has 0 aliphatic rings. The second-order valence-electron chi connectivity index (χ2n) is 4.51. The van der Waals surface area contributed by atoms with Crippen molar-refractivity contribution in [2.45, 2.75) is 17.4 Å². The standard InChI is InChI=1S/C14H16FNO4S2/c1-20-12-5-4-10(15)9-14(12)22(18,19)16-7-6-11(17)13-3-2-8-21-13/h2-5,8-9,11,16-17H,6-7H2,1H3/t11-/m0/s1. The number of thiophene rings is 1. The summed E-state index contributed by atoms with van der Waals surface area (Å²) in [5.74, 6) is -0.604. The van der Waals surface area contributed by atoms with Crippen LogP contribution in [0.3, 0.4) is 0 Å². The molecule has 1 heterocycles. The van der Waals surface area contributed by atoms with E-state index in [4.69, 9.17) is 4.74 Å². The highest BCUT2D eigenvalue weighted by Crippen LogP contribution is 2.25. The van der Waals surface area contributed by atoms with E-state index in [-0.39, 0.29) is 23.6 Å². The van der Waals surface area contributed by atoms with Crippen LogP contribution in [0, 0.1) is 5.82 Å². The molecule has 1 aromatic heterocycles. The Morgan fingerprint density at radius 1 is 1.41 bits per heavy atom. The molecule has 2 N–H and O–H groups in total. The first-order chi connectivity index (χ1) is 10.4. The minimum atomic E-state index is -3.91. The number of aliphatic hydroxyl groups excluding tert-OH is 1. The summed E-state index contributed by atoms with van der Waals surface area (Å²) in [5, 5.41) is 11.7. The Labute approximate surface area is 132 Å². The molecule has 0 saturated heterocycles. The largest absolute Gasteiger partial charge is 0.495 e. The van der Waals surface area contributed by atoms with Gasteiger partial charge in [0.25, 0.3) is 0 Å². The van der Waals surface area contributed by atoms with E-state index >= 15 is 0 Å². The molecule has 2 rings (SSSR count). The second kappa shape index (κ2) is 7.19. The molecule has 120 valence electrons. The molecule has 0 radical (unpaired) electrons. The van der Waals surface area contributed by atoms with Gasteiger partial charge in [0.05, 0.1) is 13.2 Å². The topological polar surface area (TPSA) is 75.6 Å². The minimum absolute atomic E-state index is 0.0288. The van der Waals surface area contributed by atoms with Gasteiger partial charge in [0.2, 0.25) is 10.0 Å². The maximum absolute atomic E-state index is 13.3. The number of halogens is 1. The third kappa shape index (κ3) is 4.04. The van der Waals surface area contributed by atoms with E-state index in [0.29, 0.717) is 0 Å². The van der Waals surface area contributed by atoms with E-state index in [2.05, 4.69) is 4.72 Å². The van der Waals surface area contributed by atoms with Gasteiger partial charge in [-0.25, -0.2) is 17.5 Å². The predicted molar refractivity (Wildman–Crippen MR) is 82.0 cm³/mol. The number of sulfonamides is 1. The third-order valence-corrected chi connectivity index (χ3v) is 5.45. The first-order valence-corrected chi connectivity index (χ1v) is 8.85. The highest BCUT2D eigenvalue weighted by molar-refractivity contribution is 7.89. The smallest absolute Gasteiger partial charge is 0.244 e. The Balaban J connectivity index is 2.04. The molecular formula is C14H16FNO4S2. The summed E-state index contributed by atoms with van der Waals surface area (Å²) >= 11 is 1.40. The molecule has 0 spiro atoms. The summed E-state index contributed by atoms with van der Waals surface area (Å²) in [6.45, 7) is 0.0288. The van der Waals surface area contributed by atoms with Crippen molar-refractivity contribution in [3.8, 4) is 5.75 Å². The van der Waals surface area contributed by atoms with Crippen LogP contribution in [0.1, 0.15) is 17.4 Å². The lowest BCUT2D eigenvalue weighted by Crippen LogP contribution is -2.26. The molecule has 5 nitrogen and oxygen atoms in total. The summed E-state index contributed by atoms with van der Waals surface area (Å²) in [6.07, 6.45) is -0.519. The summed E-state index contributed by atoms with van der Waals surface area (Å²) in [7, 11) is -2.60. The monoisotopic (exact) mass is 345 g/mol. The maximum Gasteiger partial charge on any atom is 0.244 e. The van der Waals surface area contributed by atoms with Crippen molar-refractivity contribution in [1.29, 1.82) is 0 Å². The van der Waals surface area contributed by atoms with Gasteiger partial charge < -0.3 is 9.84 Å².